The van der Waals surface area contributed by atoms with Crippen LogP contribution in [-0.2, 0) is 0 Å². The minimum Gasteiger partial charge on any atom is -0.285 e. The molecular weight excluding hydrogens is 186 g/mol. The fourth-order valence-electron chi connectivity index (χ4n) is 1.07. The zero-order valence-electron chi connectivity index (χ0n) is 7.08. The van der Waals surface area contributed by atoms with Crippen LogP contribution in [0.5, 0.6) is 0 Å². The van der Waals surface area contributed by atoms with Crippen molar-refractivity contribution in [2.75, 3.05) is 0 Å². The third-order valence-electron chi connectivity index (χ3n) is 1.86. The van der Waals surface area contributed by atoms with Gasteiger partial charge < -0.3 is 0 Å². The largest absolute Gasteiger partial charge is 0.285 e. The first-order valence-corrected chi connectivity index (χ1v) is 4.26. The quantitative estimate of drug-likeness (QED) is 0.756. The van der Waals surface area contributed by atoms with E-state index in [1.54, 1.807) is 12.4 Å². The van der Waals surface area contributed by atoms with Crippen LogP contribution < -0.4 is 0 Å². The van der Waals surface area contributed by atoms with Crippen LogP contribution >= 0.6 is 11.6 Å². The maximum atomic E-state index is 5.94. The molecule has 0 aliphatic rings. The van der Waals surface area contributed by atoms with E-state index in [1.165, 1.54) is 0 Å². The van der Waals surface area contributed by atoms with Gasteiger partial charge in [0.2, 0.25) is 0 Å². The average molecular weight is 194 g/mol. The molecule has 0 radical (unpaired) electrons. The van der Waals surface area contributed by atoms with E-state index >= 15 is 0 Å². The Morgan fingerprint density at radius 1 is 1.31 bits per heavy atom. The number of hydrogen-bond donors (Lipinski definition) is 1. The van der Waals surface area contributed by atoms with E-state index in [4.69, 9.17) is 11.6 Å². The maximum Gasteiger partial charge on any atom is 0.0624 e. The minimum atomic E-state index is 0.679. The summed E-state index contributed by atoms with van der Waals surface area (Å²) in [4.78, 5) is 4.16. The van der Waals surface area contributed by atoms with Gasteiger partial charge in [-0.15, -0.1) is 0 Å². The molecule has 0 atom stereocenters. The standard InChI is InChI=1S/C9H8ClN3/c1-6-9(10)2-7(3-11-6)8-4-12-13-5-8/h2-5H,1H3,(H,12,13). The third kappa shape index (κ3) is 1.55. The molecule has 0 aromatic carbocycles. The first-order valence-electron chi connectivity index (χ1n) is 3.88. The van der Waals surface area contributed by atoms with E-state index in [2.05, 4.69) is 15.2 Å². The van der Waals surface area contributed by atoms with Crippen molar-refractivity contribution in [3.05, 3.63) is 35.4 Å². The second kappa shape index (κ2) is 3.18. The van der Waals surface area contributed by atoms with E-state index in [0.717, 1.165) is 16.8 Å². The van der Waals surface area contributed by atoms with Gasteiger partial charge in [0.05, 0.1) is 16.9 Å². The SMILES string of the molecule is Cc1ncc(-c2cn[nH]c2)cc1Cl. The van der Waals surface area contributed by atoms with Crippen molar-refractivity contribution in [3.8, 4) is 11.1 Å². The van der Waals surface area contributed by atoms with Crippen molar-refractivity contribution in [2.45, 2.75) is 6.92 Å². The highest BCUT2D eigenvalue weighted by molar-refractivity contribution is 6.31. The molecule has 0 aliphatic carbocycles. The Balaban J connectivity index is 2.49. The van der Waals surface area contributed by atoms with Crippen molar-refractivity contribution in [1.29, 1.82) is 0 Å². The zero-order valence-corrected chi connectivity index (χ0v) is 7.84. The molecule has 2 aromatic rings. The van der Waals surface area contributed by atoms with Crippen LogP contribution in [0.25, 0.3) is 11.1 Å². The van der Waals surface area contributed by atoms with Gasteiger partial charge in [0.1, 0.15) is 0 Å². The van der Waals surface area contributed by atoms with Gasteiger partial charge in [-0.1, -0.05) is 11.6 Å². The number of nitrogens with one attached hydrogen (secondary N) is 1. The first-order chi connectivity index (χ1) is 6.27. The number of pyridine rings is 1. The molecule has 13 heavy (non-hydrogen) atoms. The summed E-state index contributed by atoms with van der Waals surface area (Å²) in [7, 11) is 0. The van der Waals surface area contributed by atoms with Crippen LogP contribution in [0.4, 0.5) is 0 Å². The van der Waals surface area contributed by atoms with Crippen LogP contribution in [0.15, 0.2) is 24.7 Å². The molecule has 2 aromatic heterocycles. The Kier molecular flexibility index (Phi) is 2.02. The molecule has 0 unspecified atom stereocenters. The minimum absolute atomic E-state index is 0.679. The highest BCUT2D eigenvalue weighted by atomic mass is 35.5. The number of aromatic amines is 1. The van der Waals surface area contributed by atoms with Crippen molar-refractivity contribution in [3.63, 3.8) is 0 Å². The van der Waals surface area contributed by atoms with Gasteiger partial charge in [-0.25, -0.2) is 0 Å². The van der Waals surface area contributed by atoms with Crippen molar-refractivity contribution < 1.29 is 0 Å². The van der Waals surface area contributed by atoms with Gasteiger partial charge >= 0.3 is 0 Å². The zero-order chi connectivity index (χ0) is 9.26. The van der Waals surface area contributed by atoms with Crippen LogP contribution in [0.2, 0.25) is 5.02 Å². The Labute approximate surface area is 80.8 Å². The molecule has 3 nitrogen and oxygen atoms in total. The predicted octanol–water partition coefficient (Wildman–Crippen LogP) is 2.43. The summed E-state index contributed by atoms with van der Waals surface area (Å²) in [5.74, 6) is 0. The van der Waals surface area contributed by atoms with E-state index < -0.39 is 0 Å². The third-order valence-corrected chi connectivity index (χ3v) is 2.24. The van der Waals surface area contributed by atoms with E-state index in [0.29, 0.717) is 5.02 Å². The van der Waals surface area contributed by atoms with Crippen molar-refractivity contribution in [2.24, 2.45) is 0 Å². The number of aryl methyl sites for hydroxylation is 1. The molecule has 2 rings (SSSR count). The fourth-order valence-corrected chi connectivity index (χ4v) is 1.24. The topological polar surface area (TPSA) is 41.6 Å². The first kappa shape index (κ1) is 8.26. The molecule has 0 aliphatic heterocycles. The molecule has 4 heteroatoms. The summed E-state index contributed by atoms with van der Waals surface area (Å²) >= 11 is 5.94. The van der Waals surface area contributed by atoms with Crippen molar-refractivity contribution in [1.82, 2.24) is 15.2 Å². The molecule has 66 valence electrons. The van der Waals surface area contributed by atoms with Gasteiger partial charge in [-0.2, -0.15) is 5.10 Å². The summed E-state index contributed by atoms with van der Waals surface area (Å²) in [6, 6.07) is 1.88. The maximum absolute atomic E-state index is 5.94. The Morgan fingerprint density at radius 2 is 2.15 bits per heavy atom. The van der Waals surface area contributed by atoms with E-state index in [9.17, 15) is 0 Å². The lowest BCUT2D eigenvalue weighted by atomic mass is 10.1. The van der Waals surface area contributed by atoms with Gasteiger partial charge in [-0.05, 0) is 13.0 Å². The second-order valence-corrected chi connectivity index (χ2v) is 3.19. The molecule has 2 heterocycles. The molecule has 0 fully saturated rings. The lowest BCUT2D eigenvalue weighted by molar-refractivity contribution is 1.09. The number of H-pyrrole nitrogens is 1. The summed E-state index contributed by atoms with van der Waals surface area (Å²) in [5.41, 5.74) is 2.81. The second-order valence-electron chi connectivity index (χ2n) is 2.78. The van der Waals surface area contributed by atoms with E-state index in [-0.39, 0.29) is 0 Å². The fraction of sp³-hybridized carbons (Fsp3) is 0.111. The molecular formula is C9H8ClN3. The molecule has 0 amide bonds. The number of nitrogens with zero attached hydrogens (tertiary/aromatic N) is 2. The molecule has 0 saturated carbocycles. The highest BCUT2D eigenvalue weighted by Gasteiger charge is 2.01. The Bertz CT molecular complexity index is 409. The van der Waals surface area contributed by atoms with Crippen LogP contribution in [0.3, 0.4) is 0 Å². The molecule has 1 N–H and O–H groups in total. The average Bonchev–Trinajstić information content (AvgIpc) is 2.62. The van der Waals surface area contributed by atoms with Crippen LogP contribution in [-0.4, -0.2) is 15.2 Å². The molecule has 0 spiro atoms. The smallest absolute Gasteiger partial charge is 0.0624 e. The molecule has 0 saturated heterocycles. The van der Waals surface area contributed by atoms with Gasteiger partial charge in [0, 0.05) is 23.5 Å². The number of hydrogen-bond acceptors (Lipinski definition) is 2. The number of halogens is 1. The summed E-state index contributed by atoms with van der Waals surface area (Å²) in [5, 5.41) is 7.28. The van der Waals surface area contributed by atoms with Crippen LogP contribution in [0.1, 0.15) is 5.69 Å². The summed E-state index contributed by atoms with van der Waals surface area (Å²) in [6.07, 6.45) is 5.33. The summed E-state index contributed by atoms with van der Waals surface area (Å²) in [6.45, 7) is 1.88. The molecule has 0 bridgehead atoms. The van der Waals surface area contributed by atoms with Gasteiger partial charge in [0.25, 0.3) is 0 Å². The number of rotatable bonds is 1. The normalized spacial score (nSPS) is 10.3. The highest BCUT2D eigenvalue weighted by Crippen LogP contribution is 2.22. The number of aromatic nitrogens is 3. The predicted molar refractivity (Wildman–Crippen MR) is 51.6 cm³/mol. The summed E-state index contributed by atoms with van der Waals surface area (Å²) < 4.78 is 0. The lowest BCUT2D eigenvalue weighted by Gasteiger charge is -1.99. The Hall–Kier alpha value is -1.35. The Morgan fingerprint density at radius 3 is 2.77 bits per heavy atom. The van der Waals surface area contributed by atoms with Gasteiger partial charge in [-0.3, -0.25) is 10.1 Å². The monoisotopic (exact) mass is 193 g/mol. The van der Waals surface area contributed by atoms with E-state index in [1.807, 2.05) is 19.2 Å². The van der Waals surface area contributed by atoms with Crippen LogP contribution in [0, 0.1) is 6.92 Å². The van der Waals surface area contributed by atoms with Gasteiger partial charge in [0.15, 0.2) is 0 Å². The van der Waals surface area contributed by atoms with Crippen molar-refractivity contribution >= 4 is 11.6 Å². The lowest BCUT2D eigenvalue weighted by Crippen LogP contribution is -1.83.